The lowest BCUT2D eigenvalue weighted by Crippen LogP contribution is -2.21. The molecule has 0 N–H and O–H groups in total. The van der Waals surface area contributed by atoms with Crippen LogP contribution in [0.3, 0.4) is 0 Å². The third-order valence-corrected chi connectivity index (χ3v) is 6.04. The zero-order valence-electron chi connectivity index (χ0n) is 15.1. The van der Waals surface area contributed by atoms with Gasteiger partial charge in [-0.25, -0.2) is 4.39 Å². The van der Waals surface area contributed by atoms with E-state index in [0.29, 0.717) is 23.0 Å². The van der Waals surface area contributed by atoms with Crippen LogP contribution in [0.4, 0.5) is 4.39 Å². The number of carbonyl (C=O) groups excluding carboxylic acids is 1. The van der Waals surface area contributed by atoms with Crippen molar-refractivity contribution in [1.29, 1.82) is 0 Å². The minimum atomic E-state index is -0.344. The second-order valence-corrected chi connectivity index (χ2v) is 7.95. The van der Waals surface area contributed by atoms with E-state index >= 15 is 0 Å². The van der Waals surface area contributed by atoms with Gasteiger partial charge in [0, 0.05) is 12.1 Å². The van der Waals surface area contributed by atoms with Crippen molar-refractivity contribution in [2.75, 3.05) is 0 Å². The number of ketones is 1. The number of hydrogen-bond donors (Lipinski definition) is 0. The Labute approximate surface area is 161 Å². The molecular formula is C21H20FN3OS. The van der Waals surface area contributed by atoms with Crippen LogP contribution in [0.25, 0.3) is 17.1 Å². The number of thioether (sulfide) groups is 1. The minimum Gasteiger partial charge on any atom is -0.298 e. The molecule has 0 aliphatic heterocycles. The summed E-state index contributed by atoms with van der Waals surface area (Å²) in [4.78, 5) is 12.3. The summed E-state index contributed by atoms with van der Waals surface area (Å²) in [5, 5.41) is 9.11. The molecule has 1 fully saturated rings. The molecule has 0 bridgehead atoms. The first-order valence-corrected chi connectivity index (χ1v) is 9.98. The van der Waals surface area contributed by atoms with Gasteiger partial charge in [0.05, 0.1) is 10.8 Å². The van der Waals surface area contributed by atoms with Crippen molar-refractivity contribution in [3.63, 3.8) is 0 Å². The number of Topliss-reactive ketones (excluding diaryl/α,β-unsaturated/α-hetero) is 1. The number of aryl methyl sites for hydroxylation is 1. The van der Waals surface area contributed by atoms with Crippen molar-refractivity contribution in [2.24, 2.45) is 0 Å². The zero-order chi connectivity index (χ0) is 18.8. The first-order chi connectivity index (χ1) is 13.1. The Bertz CT molecular complexity index is 968. The fourth-order valence-corrected chi connectivity index (χ4v) is 4.47. The quantitative estimate of drug-likeness (QED) is 0.639. The van der Waals surface area contributed by atoms with Gasteiger partial charge in [-0.05, 0) is 44.0 Å². The molecule has 1 unspecified atom stereocenters. The molecule has 1 aromatic heterocycles. The SMILES string of the molecule is Cc1ccc(-n2c(SC3CCCCC3=O)nnc2-c2ccccc2F)cc1. The van der Waals surface area contributed by atoms with E-state index in [1.54, 1.807) is 18.2 Å². The largest absolute Gasteiger partial charge is 0.298 e. The standard InChI is InChI=1S/C21H20FN3OS/c1-14-10-12-15(13-11-14)25-20(16-6-2-3-7-17(16)22)23-24-21(25)27-19-9-5-4-8-18(19)26/h2-3,6-7,10-13,19H,4-5,8-9H2,1H3. The molecule has 4 rings (SSSR count). The molecule has 27 heavy (non-hydrogen) atoms. The van der Waals surface area contributed by atoms with Gasteiger partial charge in [-0.15, -0.1) is 10.2 Å². The van der Waals surface area contributed by atoms with Crippen molar-refractivity contribution >= 4 is 17.5 Å². The molecule has 1 aliphatic rings. The van der Waals surface area contributed by atoms with Gasteiger partial charge in [0.2, 0.25) is 0 Å². The lowest BCUT2D eigenvalue weighted by atomic mass is 9.99. The summed E-state index contributed by atoms with van der Waals surface area (Å²) in [7, 11) is 0. The number of nitrogens with zero attached hydrogens (tertiary/aromatic N) is 3. The molecule has 2 aromatic carbocycles. The van der Waals surface area contributed by atoms with Crippen LogP contribution in [0.2, 0.25) is 0 Å². The summed E-state index contributed by atoms with van der Waals surface area (Å²) in [5.41, 5.74) is 2.39. The van der Waals surface area contributed by atoms with E-state index in [0.717, 1.165) is 30.5 Å². The van der Waals surface area contributed by atoms with Gasteiger partial charge in [0.1, 0.15) is 11.6 Å². The van der Waals surface area contributed by atoms with Crippen LogP contribution in [0, 0.1) is 12.7 Å². The monoisotopic (exact) mass is 381 g/mol. The van der Waals surface area contributed by atoms with Crippen LogP contribution in [0.15, 0.2) is 53.7 Å². The van der Waals surface area contributed by atoms with Crippen molar-refractivity contribution in [1.82, 2.24) is 14.8 Å². The molecular weight excluding hydrogens is 361 g/mol. The molecule has 1 aliphatic carbocycles. The normalized spacial score (nSPS) is 17.3. The minimum absolute atomic E-state index is 0.111. The third kappa shape index (κ3) is 3.67. The van der Waals surface area contributed by atoms with Gasteiger partial charge in [-0.2, -0.15) is 0 Å². The summed E-state index contributed by atoms with van der Waals surface area (Å²) in [5.74, 6) is 0.364. The number of rotatable bonds is 4. The topological polar surface area (TPSA) is 47.8 Å². The number of aromatic nitrogens is 3. The van der Waals surface area contributed by atoms with Crippen LogP contribution in [-0.2, 0) is 4.79 Å². The maximum Gasteiger partial charge on any atom is 0.196 e. The summed E-state index contributed by atoms with van der Waals surface area (Å²) in [6, 6.07) is 14.5. The highest BCUT2D eigenvalue weighted by Gasteiger charge is 2.27. The van der Waals surface area contributed by atoms with Crippen molar-refractivity contribution < 1.29 is 9.18 Å². The van der Waals surface area contributed by atoms with Gasteiger partial charge in [-0.3, -0.25) is 9.36 Å². The third-order valence-electron chi connectivity index (χ3n) is 4.79. The molecule has 1 saturated carbocycles. The Kier molecular flexibility index (Phi) is 5.07. The van der Waals surface area contributed by atoms with E-state index in [2.05, 4.69) is 10.2 Å². The molecule has 138 valence electrons. The molecule has 0 spiro atoms. The van der Waals surface area contributed by atoms with Gasteiger partial charge in [-0.1, -0.05) is 48.0 Å². The van der Waals surface area contributed by atoms with Crippen molar-refractivity contribution in [2.45, 2.75) is 43.0 Å². The second kappa shape index (κ2) is 7.64. The van der Waals surface area contributed by atoms with Crippen LogP contribution < -0.4 is 0 Å². The second-order valence-electron chi connectivity index (χ2n) is 6.78. The smallest absolute Gasteiger partial charge is 0.196 e. The number of benzene rings is 2. The lowest BCUT2D eigenvalue weighted by Gasteiger charge is -2.20. The Balaban J connectivity index is 1.80. The average Bonchev–Trinajstić information content (AvgIpc) is 3.08. The molecule has 4 nitrogen and oxygen atoms in total. The predicted molar refractivity (Wildman–Crippen MR) is 105 cm³/mol. The van der Waals surface area contributed by atoms with E-state index in [1.165, 1.54) is 17.8 Å². The van der Waals surface area contributed by atoms with Crippen LogP contribution in [-0.4, -0.2) is 25.8 Å². The van der Waals surface area contributed by atoms with Gasteiger partial charge >= 0.3 is 0 Å². The van der Waals surface area contributed by atoms with Crippen LogP contribution >= 0.6 is 11.8 Å². The average molecular weight is 381 g/mol. The van der Waals surface area contributed by atoms with Crippen molar-refractivity contribution in [3.05, 3.63) is 59.9 Å². The maximum atomic E-state index is 14.4. The van der Waals surface area contributed by atoms with E-state index in [-0.39, 0.29) is 16.9 Å². The van der Waals surface area contributed by atoms with Crippen molar-refractivity contribution in [3.8, 4) is 17.1 Å². The fraction of sp³-hybridized carbons (Fsp3) is 0.286. The maximum absolute atomic E-state index is 14.4. The lowest BCUT2D eigenvalue weighted by molar-refractivity contribution is -0.119. The van der Waals surface area contributed by atoms with Gasteiger partial charge in [0.25, 0.3) is 0 Å². The summed E-state index contributed by atoms with van der Waals surface area (Å²) < 4.78 is 16.3. The molecule has 1 heterocycles. The Morgan fingerprint density at radius 1 is 1.07 bits per heavy atom. The molecule has 0 radical (unpaired) electrons. The summed E-state index contributed by atoms with van der Waals surface area (Å²) in [6.45, 7) is 2.02. The predicted octanol–water partition coefficient (Wildman–Crippen LogP) is 4.99. The summed E-state index contributed by atoms with van der Waals surface area (Å²) in [6.07, 6.45) is 3.47. The van der Waals surface area contributed by atoms with E-state index in [4.69, 9.17) is 0 Å². The number of hydrogen-bond acceptors (Lipinski definition) is 4. The Hall–Kier alpha value is -2.47. The van der Waals surface area contributed by atoms with E-state index < -0.39 is 0 Å². The molecule has 0 amide bonds. The first kappa shape index (κ1) is 17.9. The number of halogens is 1. The highest BCUT2D eigenvalue weighted by Crippen LogP contribution is 2.35. The highest BCUT2D eigenvalue weighted by atomic mass is 32.2. The summed E-state index contributed by atoms with van der Waals surface area (Å²) >= 11 is 1.44. The van der Waals surface area contributed by atoms with E-state index in [9.17, 15) is 9.18 Å². The highest BCUT2D eigenvalue weighted by molar-refractivity contribution is 8.00. The molecule has 3 aromatic rings. The van der Waals surface area contributed by atoms with E-state index in [1.807, 2.05) is 35.8 Å². The Morgan fingerprint density at radius 2 is 1.85 bits per heavy atom. The fourth-order valence-electron chi connectivity index (χ4n) is 3.29. The van der Waals surface area contributed by atoms with Gasteiger partial charge in [0.15, 0.2) is 11.0 Å². The molecule has 6 heteroatoms. The van der Waals surface area contributed by atoms with Gasteiger partial charge < -0.3 is 0 Å². The molecule has 0 saturated heterocycles. The zero-order valence-corrected chi connectivity index (χ0v) is 15.9. The van der Waals surface area contributed by atoms with Crippen LogP contribution in [0.5, 0.6) is 0 Å². The van der Waals surface area contributed by atoms with Crippen LogP contribution in [0.1, 0.15) is 31.2 Å². The first-order valence-electron chi connectivity index (χ1n) is 9.10. The molecule has 1 atom stereocenters. The number of carbonyl (C=O) groups is 1. The Morgan fingerprint density at radius 3 is 2.59 bits per heavy atom.